The highest BCUT2D eigenvalue weighted by molar-refractivity contribution is 5.71. The molecule has 0 radical (unpaired) electrons. The Bertz CT molecular complexity index is 1210. The maximum Gasteiger partial charge on any atom is 0.361 e. The first-order valence-corrected chi connectivity index (χ1v) is 21.8. The summed E-state index contributed by atoms with van der Waals surface area (Å²) in [5.74, 6) is -2.10. The van der Waals surface area contributed by atoms with Crippen LogP contribution in [-0.2, 0) is 33.3 Å². The molecule has 0 heterocycles. The van der Waals surface area contributed by atoms with Crippen molar-refractivity contribution in [3.63, 3.8) is 0 Å². The van der Waals surface area contributed by atoms with Gasteiger partial charge in [0.05, 0.1) is 34.4 Å². The van der Waals surface area contributed by atoms with Crippen molar-refractivity contribution >= 4 is 17.9 Å². The number of rotatable bonds is 38. The Balaban J connectivity index is 4.56. The molecule has 0 aromatic carbocycles. The molecular formula is C48H80NO8+. The highest BCUT2D eigenvalue weighted by Gasteiger charge is 2.25. The Morgan fingerprint density at radius 1 is 0.544 bits per heavy atom. The Labute approximate surface area is 347 Å². The minimum absolute atomic E-state index is 0.173. The van der Waals surface area contributed by atoms with E-state index in [2.05, 4.69) is 98.9 Å². The van der Waals surface area contributed by atoms with Gasteiger partial charge in [0.25, 0.3) is 6.29 Å². The van der Waals surface area contributed by atoms with Gasteiger partial charge in [-0.15, -0.1) is 0 Å². The number of carbonyl (C=O) groups excluding carboxylic acids is 2. The quantitative estimate of drug-likeness (QED) is 0.0216. The van der Waals surface area contributed by atoms with Crippen molar-refractivity contribution in [1.29, 1.82) is 0 Å². The molecule has 0 fully saturated rings. The van der Waals surface area contributed by atoms with E-state index in [4.69, 9.17) is 18.9 Å². The van der Waals surface area contributed by atoms with Gasteiger partial charge in [0, 0.05) is 12.8 Å². The number of aliphatic carboxylic acids is 1. The second-order valence-corrected chi connectivity index (χ2v) is 15.3. The first kappa shape index (κ1) is 53.5. The first-order chi connectivity index (χ1) is 27.6. The molecule has 2 atom stereocenters. The molecule has 57 heavy (non-hydrogen) atoms. The second kappa shape index (κ2) is 39.3. The lowest BCUT2D eigenvalue weighted by Crippen LogP contribution is -2.40. The molecule has 0 aliphatic carbocycles. The average molecular weight is 799 g/mol. The lowest BCUT2D eigenvalue weighted by Gasteiger charge is -2.25. The van der Waals surface area contributed by atoms with E-state index in [1.165, 1.54) is 12.8 Å². The number of hydrogen-bond donors (Lipinski definition) is 1. The van der Waals surface area contributed by atoms with Crippen molar-refractivity contribution in [1.82, 2.24) is 0 Å². The Kier molecular flexibility index (Phi) is 36.9. The lowest BCUT2D eigenvalue weighted by atomic mass is 10.1. The zero-order valence-corrected chi connectivity index (χ0v) is 36.5. The fourth-order valence-electron chi connectivity index (χ4n) is 5.23. The second-order valence-electron chi connectivity index (χ2n) is 15.3. The molecule has 0 amide bonds. The van der Waals surface area contributed by atoms with Gasteiger partial charge >= 0.3 is 17.9 Å². The molecule has 0 saturated heterocycles. The zero-order chi connectivity index (χ0) is 42.1. The smallest absolute Gasteiger partial charge is 0.361 e. The highest BCUT2D eigenvalue weighted by atomic mass is 16.7. The molecule has 0 spiro atoms. The highest BCUT2D eigenvalue weighted by Crippen LogP contribution is 2.11. The molecule has 0 saturated carbocycles. The molecule has 0 aliphatic rings. The van der Waals surface area contributed by atoms with Gasteiger partial charge in [0.1, 0.15) is 13.2 Å². The summed E-state index contributed by atoms with van der Waals surface area (Å²) < 4.78 is 22.6. The van der Waals surface area contributed by atoms with Crippen LogP contribution in [0, 0.1) is 0 Å². The van der Waals surface area contributed by atoms with Crippen LogP contribution in [0.4, 0.5) is 0 Å². The van der Waals surface area contributed by atoms with E-state index in [9.17, 15) is 19.5 Å². The van der Waals surface area contributed by atoms with Gasteiger partial charge in [-0.25, -0.2) is 4.79 Å². The number of ether oxygens (including phenoxy) is 4. The summed E-state index contributed by atoms with van der Waals surface area (Å²) >= 11 is 0. The summed E-state index contributed by atoms with van der Waals surface area (Å²) in [6.07, 6.45) is 46.5. The number of likely N-dealkylation sites (N-methyl/N-ethyl adjacent to an activating group) is 1. The number of quaternary nitrogens is 1. The molecule has 9 nitrogen and oxygen atoms in total. The van der Waals surface area contributed by atoms with Crippen molar-refractivity contribution in [3.8, 4) is 0 Å². The minimum atomic E-state index is -1.53. The Hall–Kier alpha value is -3.53. The van der Waals surface area contributed by atoms with Crippen molar-refractivity contribution < 1.29 is 42.9 Å². The molecule has 2 unspecified atom stereocenters. The van der Waals surface area contributed by atoms with Gasteiger partial charge in [-0.2, -0.15) is 0 Å². The van der Waals surface area contributed by atoms with Gasteiger partial charge in [0.2, 0.25) is 0 Å². The maximum atomic E-state index is 12.7. The molecule has 9 heteroatoms. The van der Waals surface area contributed by atoms with Crippen LogP contribution in [0.2, 0.25) is 0 Å². The fourth-order valence-corrected chi connectivity index (χ4v) is 5.23. The largest absolute Gasteiger partial charge is 0.477 e. The van der Waals surface area contributed by atoms with E-state index in [0.29, 0.717) is 17.4 Å². The molecule has 0 bridgehead atoms. The molecule has 0 aliphatic heterocycles. The van der Waals surface area contributed by atoms with E-state index >= 15 is 0 Å². The monoisotopic (exact) mass is 799 g/mol. The molecule has 0 rings (SSSR count). The van der Waals surface area contributed by atoms with Crippen LogP contribution >= 0.6 is 0 Å². The van der Waals surface area contributed by atoms with Crippen molar-refractivity contribution in [2.45, 2.75) is 155 Å². The average Bonchev–Trinajstić information content (AvgIpc) is 3.17. The van der Waals surface area contributed by atoms with E-state index in [-0.39, 0.29) is 38.6 Å². The summed E-state index contributed by atoms with van der Waals surface area (Å²) in [4.78, 5) is 37.0. The number of nitrogens with zero attached hydrogens (tertiary/aromatic N) is 1. The van der Waals surface area contributed by atoms with E-state index < -0.39 is 24.3 Å². The number of hydrogen-bond acceptors (Lipinski definition) is 7. The van der Waals surface area contributed by atoms with Crippen LogP contribution in [0.15, 0.2) is 85.1 Å². The van der Waals surface area contributed by atoms with Gasteiger partial charge < -0.3 is 28.5 Å². The van der Waals surface area contributed by atoms with Crippen molar-refractivity contribution in [2.75, 3.05) is 47.5 Å². The number of carbonyl (C=O) groups is 3. The summed E-state index contributed by atoms with van der Waals surface area (Å²) in [7, 11) is 5.92. The summed E-state index contributed by atoms with van der Waals surface area (Å²) in [5.41, 5.74) is 0. The standard InChI is InChI=1S/C48H79NO8/c1-6-8-10-12-14-16-18-19-20-21-22-23-24-25-26-27-29-31-33-35-37-39-46(51)57-44(43-56-48(47(52)53)54-41-40-49(3,4)5)42-55-45(50)38-36-34-32-30-28-17-15-13-11-9-7-2/h8,10,13-16,19-20,22-23,25-26,29,31,44,48H,6-7,9,11-12,17-18,21,24,27-28,30,32-43H2,1-5H3/p+1/b10-8-,15-13-,16-14-,20-19-,23-22-,26-25-,31-29-. The predicted octanol–water partition coefficient (Wildman–Crippen LogP) is 11.3. The van der Waals surface area contributed by atoms with Crippen LogP contribution < -0.4 is 0 Å². The van der Waals surface area contributed by atoms with Crippen molar-refractivity contribution in [3.05, 3.63) is 85.1 Å². The van der Waals surface area contributed by atoms with Crippen LogP contribution in [0.3, 0.4) is 0 Å². The Morgan fingerprint density at radius 3 is 1.54 bits per heavy atom. The fraction of sp³-hybridized carbons (Fsp3) is 0.646. The SMILES string of the molecule is CC/C=C\C/C=C\C/C=C\C/C=C\C/C=C\C/C=C\CCCCC(=O)OC(COC(=O)CCCCCCC/C=C\CCCC)COC(OCC[N+](C)(C)C)C(=O)O. The third-order valence-corrected chi connectivity index (χ3v) is 8.64. The third-order valence-electron chi connectivity index (χ3n) is 8.64. The maximum absolute atomic E-state index is 12.7. The molecule has 0 aromatic heterocycles. The number of unbranched alkanes of at least 4 members (excludes halogenated alkanes) is 9. The zero-order valence-electron chi connectivity index (χ0n) is 36.5. The minimum Gasteiger partial charge on any atom is -0.477 e. The lowest BCUT2D eigenvalue weighted by molar-refractivity contribution is -0.870. The van der Waals surface area contributed by atoms with E-state index in [1.807, 2.05) is 21.1 Å². The van der Waals surface area contributed by atoms with Gasteiger partial charge in [-0.05, 0) is 83.5 Å². The molecule has 1 N–H and O–H groups in total. The summed E-state index contributed by atoms with van der Waals surface area (Å²) in [5, 5.41) is 9.62. The molecule has 0 aromatic rings. The predicted molar refractivity (Wildman–Crippen MR) is 235 cm³/mol. The van der Waals surface area contributed by atoms with Gasteiger partial charge in [-0.3, -0.25) is 9.59 Å². The van der Waals surface area contributed by atoms with E-state index in [1.54, 1.807) is 0 Å². The number of allylic oxidation sites excluding steroid dienone is 14. The number of esters is 2. The van der Waals surface area contributed by atoms with E-state index in [0.717, 1.165) is 96.3 Å². The number of carboxylic acid groups (broad SMARTS) is 1. The van der Waals surface area contributed by atoms with Crippen LogP contribution in [-0.4, -0.2) is 87.4 Å². The first-order valence-electron chi connectivity index (χ1n) is 21.8. The van der Waals surface area contributed by atoms with Gasteiger partial charge in [-0.1, -0.05) is 131 Å². The van der Waals surface area contributed by atoms with Crippen LogP contribution in [0.5, 0.6) is 0 Å². The normalized spacial score (nSPS) is 13.8. The molecule has 324 valence electrons. The van der Waals surface area contributed by atoms with Crippen molar-refractivity contribution in [2.24, 2.45) is 0 Å². The van der Waals surface area contributed by atoms with Crippen LogP contribution in [0.25, 0.3) is 0 Å². The van der Waals surface area contributed by atoms with Crippen LogP contribution in [0.1, 0.15) is 142 Å². The van der Waals surface area contributed by atoms with Gasteiger partial charge in [0.15, 0.2) is 6.10 Å². The summed E-state index contributed by atoms with van der Waals surface area (Å²) in [6.45, 7) is 4.62. The Morgan fingerprint density at radius 2 is 1.00 bits per heavy atom. The number of carboxylic acids is 1. The third kappa shape index (κ3) is 40.5. The topological polar surface area (TPSA) is 108 Å². The summed E-state index contributed by atoms with van der Waals surface area (Å²) in [6, 6.07) is 0. The molecular weight excluding hydrogens is 719 g/mol.